The predicted molar refractivity (Wildman–Crippen MR) is 106 cm³/mol. The van der Waals surface area contributed by atoms with Crippen molar-refractivity contribution in [1.29, 1.82) is 0 Å². The van der Waals surface area contributed by atoms with Crippen molar-refractivity contribution in [3.05, 3.63) is 71.8 Å². The lowest BCUT2D eigenvalue weighted by molar-refractivity contribution is -0.148. The Kier molecular flexibility index (Phi) is 7.00. The molecule has 0 heterocycles. The minimum absolute atomic E-state index is 0.0647. The average Bonchev–Trinajstić information content (AvgIpc) is 2.66. The fraction of sp³-hybridized carbons (Fsp3) is 0.391. The van der Waals surface area contributed by atoms with Crippen molar-refractivity contribution in [2.24, 2.45) is 4.99 Å². The van der Waals surface area contributed by atoms with Crippen LogP contribution in [0.4, 0.5) is 0 Å². The highest BCUT2D eigenvalue weighted by atomic mass is 16.5. The monoisotopic (exact) mass is 349 g/mol. The lowest BCUT2D eigenvalue weighted by Gasteiger charge is -2.19. The molecule has 0 aliphatic heterocycles. The van der Waals surface area contributed by atoms with Gasteiger partial charge in [-0.1, -0.05) is 79.9 Å². The topological polar surface area (TPSA) is 38.7 Å². The maximum atomic E-state index is 12.3. The number of carbonyl (C=O) groups excluding carboxylic acids is 1. The van der Waals surface area contributed by atoms with Gasteiger partial charge < -0.3 is 4.74 Å². The van der Waals surface area contributed by atoms with E-state index in [-0.39, 0.29) is 18.6 Å². The number of aliphatic imine (C=N–C) groups is 1. The molecule has 0 spiro atoms. The van der Waals surface area contributed by atoms with Gasteiger partial charge in [-0.05, 0) is 25.7 Å². The Hall–Kier alpha value is -2.42. The number of rotatable bonds is 5. The first-order valence-corrected chi connectivity index (χ1v) is 9.68. The van der Waals surface area contributed by atoms with Crippen LogP contribution in [0.25, 0.3) is 0 Å². The summed E-state index contributed by atoms with van der Waals surface area (Å²) in [5.74, 6) is -0.222. The molecule has 0 aromatic heterocycles. The minimum Gasteiger partial charge on any atom is -0.461 e. The van der Waals surface area contributed by atoms with Crippen molar-refractivity contribution in [2.45, 2.75) is 51.0 Å². The minimum atomic E-state index is -0.222. The lowest BCUT2D eigenvalue weighted by Crippen LogP contribution is -2.21. The van der Waals surface area contributed by atoms with Crippen LogP contribution in [0.5, 0.6) is 0 Å². The molecule has 26 heavy (non-hydrogen) atoms. The van der Waals surface area contributed by atoms with Crippen LogP contribution in [0.15, 0.2) is 65.7 Å². The summed E-state index contributed by atoms with van der Waals surface area (Å²) in [6, 6.07) is 20.0. The fourth-order valence-electron chi connectivity index (χ4n) is 3.44. The normalized spacial score (nSPS) is 15.5. The van der Waals surface area contributed by atoms with Gasteiger partial charge in [0.05, 0.1) is 5.71 Å². The number of hydrogen-bond acceptors (Lipinski definition) is 3. The van der Waals surface area contributed by atoms with Crippen LogP contribution in [0.1, 0.15) is 56.1 Å². The summed E-state index contributed by atoms with van der Waals surface area (Å²) in [4.78, 5) is 17.0. The number of carbonyl (C=O) groups is 1. The molecule has 1 aliphatic carbocycles. The highest BCUT2D eigenvalue weighted by Crippen LogP contribution is 2.19. The van der Waals surface area contributed by atoms with Gasteiger partial charge in [0.1, 0.15) is 12.6 Å². The summed E-state index contributed by atoms with van der Waals surface area (Å²) >= 11 is 0. The Morgan fingerprint density at radius 2 is 1.31 bits per heavy atom. The second-order valence-corrected chi connectivity index (χ2v) is 6.85. The predicted octanol–water partition coefficient (Wildman–Crippen LogP) is 5.18. The summed E-state index contributed by atoms with van der Waals surface area (Å²) in [6.07, 6.45) is 8.15. The molecule has 1 fully saturated rings. The van der Waals surface area contributed by atoms with E-state index >= 15 is 0 Å². The zero-order chi connectivity index (χ0) is 18.0. The molecule has 2 aromatic rings. The standard InChI is InChI=1S/C23H27NO2/c25-22(26-21-16-10-2-1-3-11-17-21)18-24-23(19-12-6-4-7-13-19)20-14-8-5-9-15-20/h4-9,12-15,21H,1-3,10-11,16-18H2. The molecule has 3 nitrogen and oxygen atoms in total. The number of esters is 1. The molecular formula is C23H27NO2. The highest BCUT2D eigenvalue weighted by molar-refractivity contribution is 6.13. The first-order chi connectivity index (χ1) is 12.8. The maximum absolute atomic E-state index is 12.3. The molecule has 136 valence electrons. The smallest absolute Gasteiger partial charge is 0.327 e. The Morgan fingerprint density at radius 1 is 0.808 bits per heavy atom. The third-order valence-electron chi connectivity index (χ3n) is 4.81. The van der Waals surface area contributed by atoms with Crippen LogP contribution in [0.3, 0.4) is 0 Å². The van der Waals surface area contributed by atoms with Gasteiger partial charge in [0.2, 0.25) is 0 Å². The maximum Gasteiger partial charge on any atom is 0.327 e. The number of benzene rings is 2. The zero-order valence-electron chi connectivity index (χ0n) is 15.3. The van der Waals surface area contributed by atoms with Crippen LogP contribution >= 0.6 is 0 Å². The molecule has 0 amide bonds. The molecule has 3 heteroatoms. The Morgan fingerprint density at radius 3 is 1.85 bits per heavy atom. The average molecular weight is 349 g/mol. The van der Waals surface area contributed by atoms with Gasteiger partial charge in [-0.15, -0.1) is 0 Å². The second kappa shape index (κ2) is 9.91. The zero-order valence-corrected chi connectivity index (χ0v) is 15.3. The summed E-state index contributed by atoms with van der Waals surface area (Å²) in [7, 11) is 0. The molecule has 0 unspecified atom stereocenters. The van der Waals surface area contributed by atoms with Crippen molar-refractivity contribution in [1.82, 2.24) is 0 Å². The summed E-state index contributed by atoms with van der Waals surface area (Å²) in [5, 5.41) is 0. The van der Waals surface area contributed by atoms with E-state index in [2.05, 4.69) is 4.99 Å². The molecule has 0 radical (unpaired) electrons. The second-order valence-electron chi connectivity index (χ2n) is 6.85. The molecule has 0 saturated heterocycles. The molecule has 2 aromatic carbocycles. The van der Waals surface area contributed by atoms with E-state index in [0.717, 1.165) is 42.5 Å². The van der Waals surface area contributed by atoms with E-state index in [1.807, 2.05) is 60.7 Å². The van der Waals surface area contributed by atoms with Gasteiger partial charge >= 0.3 is 5.97 Å². The van der Waals surface area contributed by atoms with Crippen molar-refractivity contribution in [3.63, 3.8) is 0 Å². The first kappa shape index (κ1) is 18.4. The molecule has 0 bridgehead atoms. The van der Waals surface area contributed by atoms with E-state index in [1.165, 1.54) is 19.3 Å². The van der Waals surface area contributed by atoms with Gasteiger partial charge in [-0.3, -0.25) is 9.79 Å². The third kappa shape index (κ3) is 5.55. The largest absolute Gasteiger partial charge is 0.461 e. The molecule has 0 atom stereocenters. The molecule has 1 aliphatic rings. The first-order valence-electron chi connectivity index (χ1n) is 9.68. The summed E-state index contributed by atoms with van der Waals surface area (Å²) < 4.78 is 5.70. The van der Waals surface area contributed by atoms with Crippen LogP contribution in [-0.4, -0.2) is 24.3 Å². The van der Waals surface area contributed by atoms with Crippen LogP contribution in [0.2, 0.25) is 0 Å². The summed E-state index contributed by atoms with van der Waals surface area (Å²) in [6.45, 7) is 0.0651. The van der Waals surface area contributed by atoms with E-state index in [9.17, 15) is 4.79 Å². The SMILES string of the molecule is O=C(CN=C(c1ccccc1)c1ccccc1)OC1CCCCCCC1. The van der Waals surface area contributed by atoms with Crippen LogP contribution in [0, 0.1) is 0 Å². The van der Waals surface area contributed by atoms with Crippen LogP contribution < -0.4 is 0 Å². The molecular weight excluding hydrogens is 322 g/mol. The molecule has 3 rings (SSSR count). The third-order valence-corrected chi connectivity index (χ3v) is 4.81. The van der Waals surface area contributed by atoms with Crippen molar-refractivity contribution in [3.8, 4) is 0 Å². The highest BCUT2D eigenvalue weighted by Gasteiger charge is 2.16. The molecule has 0 N–H and O–H groups in total. The number of ether oxygens (including phenoxy) is 1. The Labute approximate surface area is 156 Å². The van der Waals surface area contributed by atoms with Crippen molar-refractivity contribution < 1.29 is 9.53 Å². The van der Waals surface area contributed by atoms with E-state index in [4.69, 9.17) is 4.74 Å². The summed E-state index contributed by atoms with van der Waals surface area (Å²) in [5.41, 5.74) is 2.86. The Bertz CT molecular complexity index is 660. The molecule has 1 saturated carbocycles. The quantitative estimate of drug-likeness (QED) is 0.551. The van der Waals surface area contributed by atoms with Crippen molar-refractivity contribution in [2.75, 3.05) is 6.54 Å². The van der Waals surface area contributed by atoms with Crippen molar-refractivity contribution >= 4 is 11.7 Å². The van der Waals surface area contributed by atoms with E-state index < -0.39 is 0 Å². The van der Waals surface area contributed by atoms with Gasteiger partial charge in [0, 0.05) is 11.1 Å². The lowest BCUT2D eigenvalue weighted by atomic mass is 9.99. The van der Waals surface area contributed by atoms with Gasteiger partial charge in [-0.25, -0.2) is 0 Å². The fourth-order valence-corrected chi connectivity index (χ4v) is 3.44. The Balaban J connectivity index is 1.69. The van der Waals surface area contributed by atoms with Crippen LogP contribution in [-0.2, 0) is 9.53 Å². The van der Waals surface area contributed by atoms with Gasteiger partial charge in [0.15, 0.2) is 0 Å². The van der Waals surface area contributed by atoms with E-state index in [0.29, 0.717) is 0 Å². The van der Waals surface area contributed by atoms with E-state index in [1.54, 1.807) is 0 Å². The van der Waals surface area contributed by atoms with Gasteiger partial charge in [0.25, 0.3) is 0 Å². The number of hydrogen-bond donors (Lipinski definition) is 0. The van der Waals surface area contributed by atoms with Gasteiger partial charge in [-0.2, -0.15) is 0 Å². The number of nitrogens with zero attached hydrogens (tertiary/aromatic N) is 1.